The van der Waals surface area contributed by atoms with Gasteiger partial charge in [0.05, 0.1) is 5.56 Å². The molecule has 0 bridgehead atoms. The number of nitrogens with zero attached hydrogens (tertiary/aromatic N) is 2. The molecule has 0 aliphatic rings. The van der Waals surface area contributed by atoms with E-state index in [9.17, 15) is 5.11 Å². The standard InChI is InChI=1S/C20H10Cl2N2O3/c21-11-2-5-17-14(8-11)23-19(26-17)10-1-4-13(16(25)7-10)20-24-15-9-12(22)3-6-18(15)27-20/h1-9,25H. The first-order valence-corrected chi connectivity index (χ1v) is 8.78. The van der Waals surface area contributed by atoms with E-state index in [-0.39, 0.29) is 5.75 Å². The van der Waals surface area contributed by atoms with Gasteiger partial charge in [-0.05, 0) is 54.6 Å². The zero-order valence-electron chi connectivity index (χ0n) is 13.6. The van der Waals surface area contributed by atoms with Gasteiger partial charge in [0.2, 0.25) is 11.8 Å². The van der Waals surface area contributed by atoms with Crippen LogP contribution in [0.25, 0.3) is 45.1 Å². The van der Waals surface area contributed by atoms with Gasteiger partial charge in [0.25, 0.3) is 0 Å². The molecular formula is C20H10Cl2N2O3. The lowest BCUT2D eigenvalue weighted by Gasteiger charge is -2.02. The molecule has 0 saturated carbocycles. The summed E-state index contributed by atoms with van der Waals surface area (Å²) in [5.74, 6) is 0.699. The van der Waals surface area contributed by atoms with Crippen molar-refractivity contribution < 1.29 is 13.9 Å². The van der Waals surface area contributed by atoms with Crippen molar-refractivity contribution in [2.24, 2.45) is 0 Å². The molecule has 0 saturated heterocycles. The summed E-state index contributed by atoms with van der Waals surface area (Å²) < 4.78 is 11.4. The molecule has 2 aromatic heterocycles. The van der Waals surface area contributed by atoms with Crippen LogP contribution in [0.1, 0.15) is 0 Å². The van der Waals surface area contributed by atoms with Crippen LogP contribution in [-0.2, 0) is 0 Å². The van der Waals surface area contributed by atoms with Crippen LogP contribution in [0.4, 0.5) is 0 Å². The van der Waals surface area contributed by atoms with Crippen LogP contribution in [0.15, 0.2) is 63.4 Å². The van der Waals surface area contributed by atoms with Crippen LogP contribution < -0.4 is 0 Å². The fourth-order valence-corrected chi connectivity index (χ4v) is 3.22. The number of hydrogen-bond acceptors (Lipinski definition) is 5. The van der Waals surface area contributed by atoms with Crippen molar-refractivity contribution in [1.82, 2.24) is 9.97 Å². The van der Waals surface area contributed by atoms with Gasteiger partial charge < -0.3 is 13.9 Å². The number of oxazole rings is 2. The first kappa shape index (κ1) is 16.2. The van der Waals surface area contributed by atoms with Crippen LogP contribution in [0, 0.1) is 0 Å². The Bertz CT molecular complexity index is 1320. The highest BCUT2D eigenvalue weighted by molar-refractivity contribution is 6.31. The summed E-state index contributed by atoms with van der Waals surface area (Å²) in [5.41, 5.74) is 3.57. The highest BCUT2D eigenvalue weighted by atomic mass is 35.5. The smallest absolute Gasteiger partial charge is 0.231 e. The van der Waals surface area contributed by atoms with Crippen LogP contribution in [-0.4, -0.2) is 15.1 Å². The topological polar surface area (TPSA) is 72.3 Å². The molecule has 132 valence electrons. The number of rotatable bonds is 2. The van der Waals surface area contributed by atoms with Gasteiger partial charge >= 0.3 is 0 Å². The van der Waals surface area contributed by atoms with Crippen LogP contribution in [0.2, 0.25) is 10.0 Å². The maximum absolute atomic E-state index is 10.5. The molecule has 0 amide bonds. The molecule has 5 nitrogen and oxygen atoms in total. The molecule has 2 heterocycles. The summed E-state index contributed by atoms with van der Waals surface area (Å²) in [4.78, 5) is 8.80. The predicted octanol–water partition coefficient (Wildman–Crippen LogP) is 6.32. The lowest BCUT2D eigenvalue weighted by Crippen LogP contribution is -1.82. The van der Waals surface area contributed by atoms with Gasteiger partial charge in [-0.3, -0.25) is 0 Å². The summed E-state index contributed by atoms with van der Waals surface area (Å²) in [5, 5.41) is 11.6. The summed E-state index contributed by atoms with van der Waals surface area (Å²) in [6.45, 7) is 0. The van der Waals surface area contributed by atoms with Crippen molar-refractivity contribution in [2.45, 2.75) is 0 Å². The normalized spacial score (nSPS) is 11.5. The monoisotopic (exact) mass is 396 g/mol. The number of aromatic nitrogens is 2. The maximum Gasteiger partial charge on any atom is 0.231 e. The molecule has 27 heavy (non-hydrogen) atoms. The van der Waals surface area contributed by atoms with Gasteiger partial charge in [0, 0.05) is 15.6 Å². The molecule has 0 atom stereocenters. The van der Waals surface area contributed by atoms with E-state index >= 15 is 0 Å². The lowest BCUT2D eigenvalue weighted by molar-refractivity contribution is 0.474. The Morgan fingerprint density at radius 1 is 0.704 bits per heavy atom. The summed E-state index contributed by atoms with van der Waals surface area (Å²) in [6, 6.07) is 15.4. The summed E-state index contributed by atoms with van der Waals surface area (Å²) in [7, 11) is 0. The van der Waals surface area contributed by atoms with Gasteiger partial charge in [0.15, 0.2) is 11.2 Å². The minimum atomic E-state index is 0.00504. The Balaban J connectivity index is 1.57. The van der Waals surface area contributed by atoms with E-state index in [1.165, 1.54) is 0 Å². The molecule has 5 aromatic rings. The Hall–Kier alpha value is -3.02. The molecule has 7 heteroatoms. The average molecular weight is 397 g/mol. The third-order valence-corrected chi connectivity index (χ3v) is 4.64. The van der Waals surface area contributed by atoms with E-state index in [4.69, 9.17) is 32.0 Å². The SMILES string of the molecule is Oc1cc(-c2nc3cc(Cl)ccc3o2)ccc1-c1nc2cc(Cl)ccc2o1. The molecule has 0 unspecified atom stereocenters. The summed E-state index contributed by atoms with van der Waals surface area (Å²) >= 11 is 12.0. The van der Waals surface area contributed by atoms with E-state index in [0.717, 1.165) is 0 Å². The van der Waals surface area contributed by atoms with Crippen molar-refractivity contribution in [3.8, 4) is 28.7 Å². The molecular weight excluding hydrogens is 387 g/mol. The average Bonchev–Trinajstić information content (AvgIpc) is 3.24. The molecule has 0 spiro atoms. The molecule has 0 fully saturated rings. The lowest BCUT2D eigenvalue weighted by atomic mass is 10.1. The zero-order valence-corrected chi connectivity index (χ0v) is 15.1. The first-order valence-electron chi connectivity index (χ1n) is 8.03. The molecule has 1 N–H and O–H groups in total. The van der Waals surface area contributed by atoms with Gasteiger partial charge in [-0.2, -0.15) is 0 Å². The number of hydrogen-bond donors (Lipinski definition) is 1. The minimum Gasteiger partial charge on any atom is -0.507 e. The van der Waals surface area contributed by atoms with E-state index in [1.807, 2.05) is 0 Å². The van der Waals surface area contributed by atoms with Gasteiger partial charge in [-0.15, -0.1) is 0 Å². The maximum atomic E-state index is 10.5. The fourth-order valence-electron chi connectivity index (χ4n) is 2.89. The molecule has 0 aliphatic heterocycles. The van der Waals surface area contributed by atoms with Gasteiger partial charge in [0.1, 0.15) is 16.8 Å². The number of halogens is 2. The second-order valence-corrected chi connectivity index (χ2v) is 6.87. The Kier molecular flexibility index (Phi) is 3.60. The van der Waals surface area contributed by atoms with Crippen molar-refractivity contribution in [2.75, 3.05) is 0 Å². The Labute approximate surface area is 162 Å². The molecule has 3 aromatic carbocycles. The molecule has 5 rings (SSSR count). The van der Waals surface area contributed by atoms with Gasteiger partial charge in [-0.25, -0.2) is 9.97 Å². The third-order valence-electron chi connectivity index (χ3n) is 4.17. The van der Waals surface area contributed by atoms with Crippen molar-refractivity contribution >= 4 is 45.4 Å². The second kappa shape index (κ2) is 6.01. The van der Waals surface area contributed by atoms with Crippen LogP contribution in [0.3, 0.4) is 0 Å². The number of aromatic hydroxyl groups is 1. The van der Waals surface area contributed by atoms with Crippen molar-refractivity contribution in [3.05, 3.63) is 64.6 Å². The van der Waals surface area contributed by atoms with E-state index < -0.39 is 0 Å². The second-order valence-electron chi connectivity index (χ2n) is 5.99. The fraction of sp³-hybridized carbons (Fsp3) is 0. The van der Waals surface area contributed by atoms with E-state index in [0.29, 0.717) is 55.2 Å². The summed E-state index contributed by atoms with van der Waals surface area (Å²) in [6.07, 6.45) is 0. The van der Waals surface area contributed by atoms with Gasteiger partial charge in [-0.1, -0.05) is 23.2 Å². The third kappa shape index (κ3) is 2.81. The molecule has 0 radical (unpaired) electrons. The number of phenolic OH excluding ortho intramolecular Hbond substituents is 1. The Morgan fingerprint density at radius 3 is 1.93 bits per heavy atom. The number of benzene rings is 3. The quantitative estimate of drug-likeness (QED) is 0.378. The first-order chi connectivity index (χ1) is 13.1. The molecule has 0 aliphatic carbocycles. The van der Waals surface area contributed by atoms with Crippen LogP contribution >= 0.6 is 23.2 Å². The zero-order chi connectivity index (χ0) is 18.5. The highest BCUT2D eigenvalue weighted by Gasteiger charge is 2.16. The van der Waals surface area contributed by atoms with E-state index in [2.05, 4.69) is 9.97 Å². The number of fused-ring (bicyclic) bond motifs is 2. The largest absolute Gasteiger partial charge is 0.507 e. The highest BCUT2D eigenvalue weighted by Crippen LogP contribution is 2.35. The van der Waals surface area contributed by atoms with Crippen molar-refractivity contribution in [3.63, 3.8) is 0 Å². The van der Waals surface area contributed by atoms with Crippen LogP contribution in [0.5, 0.6) is 5.75 Å². The van der Waals surface area contributed by atoms with Crippen molar-refractivity contribution in [1.29, 1.82) is 0 Å². The number of phenols is 1. The minimum absolute atomic E-state index is 0.00504. The Morgan fingerprint density at radius 2 is 1.30 bits per heavy atom. The van der Waals surface area contributed by atoms with E-state index in [1.54, 1.807) is 54.6 Å². The predicted molar refractivity (Wildman–Crippen MR) is 104 cm³/mol.